The van der Waals surface area contributed by atoms with Crippen LogP contribution in [-0.2, 0) is 11.3 Å². The first-order valence-electron chi connectivity index (χ1n) is 7.82. The standard InChI is InChI=1S/C18H30N2O/c1-6-20(13-15-10-8-7-9-14(15)2)17(21)16(12-19)11-18(3,4)5/h7-10,16H,6,11-13,19H2,1-5H3. The van der Waals surface area contributed by atoms with Crippen molar-refractivity contribution in [1.29, 1.82) is 0 Å². The molecular weight excluding hydrogens is 260 g/mol. The van der Waals surface area contributed by atoms with E-state index in [4.69, 9.17) is 5.73 Å². The lowest BCUT2D eigenvalue weighted by Crippen LogP contribution is -2.40. The van der Waals surface area contributed by atoms with Crippen LogP contribution in [0.4, 0.5) is 0 Å². The van der Waals surface area contributed by atoms with Crippen molar-refractivity contribution >= 4 is 5.91 Å². The van der Waals surface area contributed by atoms with Crippen LogP contribution in [0.5, 0.6) is 0 Å². The first-order valence-corrected chi connectivity index (χ1v) is 7.82. The highest BCUT2D eigenvalue weighted by atomic mass is 16.2. The number of hydrogen-bond acceptors (Lipinski definition) is 2. The second-order valence-electron chi connectivity index (χ2n) is 6.98. The Morgan fingerprint density at radius 2 is 1.90 bits per heavy atom. The average Bonchev–Trinajstić information content (AvgIpc) is 2.42. The summed E-state index contributed by atoms with van der Waals surface area (Å²) in [6, 6.07) is 8.23. The van der Waals surface area contributed by atoms with Crippen molar-refractivity contribution in [3.8, 4) is 0 Å². The van der Waals surface area contributed by atoms with Crippen molar-refractivity contribution in [2.24, 2.45) is 17.1 Å². The predicted molar refractivity (Wildman–Crippen MR) is 88.9 cm³/mol. The number of carbonyl (C=O) groups excluding carboxylic acids is 1. The van der Waals surface area contributed by atoms with Crippen LogP contribution in [0.15, 0.2) is 24.3 Å². The smallest absolute Gasteiger partial charge is 0.227 e. The number of rotatable bonds is 6. The maximum absolute atomic E-state index is 12.7. The molecule has 3 nitrogen and oxygen atoms in total. The molecule has 0 aliphatic heterocycles. The highest BCUT2D eigenvalue weighted by molar-refractivity contribution is 5.79. The summed E-state index contributed by atoms with van der Waals surface area (Å²) in [6.07, 6.45) is 0.826. The van der Waals surface area contributed by atoms with Gasteiger partial charge in [0.1, 0.15) is 0 Å². The summed E-state index contributed by atoms with van der Waals surface area (Å²) in [6.45, 7) is 12.4. The fourth-order valence-electron chi connectivity index (χ4n) is 2.61. The zero-order valence-electron chi connectivity index (χ0n) is 14.1. The number of carbonyl (C=O) groups is 1. The monoisotopic (exact) mass is 290 g/mol. The Labute approximate surface area is 129 Å². The van der Waals surface area contributed by atoms with Crippen molar-refractivity contribution in [2.75, 3.05) is 13.1 Å². The molecule has 3 heteroatoms. The van der Waals surface area contributed by atoms with Gasteiger partial charge in [0, 0.05) is 19.6 Å². The number of nitrogens with two attached hydrogens (primary N) is 1. The second-order valence-corrected chi connectivity index (χ2v) is 6.98. The summed E-state index contributed by atoms with van der Waals surface area (Å²) >= 11 is 0. The Bertz CT molecular complexity index is 463. The van der Waals surface area contributed by atoms with Crippen LogP contribution in [0, 0.1) is 18.3 Å². The predicted octanol–water partition coefficient (Wildman–Crippen LogP) is 3.35. The summed E-state index contributed by atoms with van der Waals surface area (Å²) in [5.41, 5.74) is 8.40. The van der Waals surface area contributed by atoms with E-state index in [9.17, 15) is 4.79 Å². The second kappa shape index (κ2) is 7.60. The number of benzene rings is 1. The lowest BCUT2D eigenvalue weighted by Gasteiger charge is -2.30. The summed E-state index contributed by atoms with van der Waals surface area (Å²) in [5, 5.41) is 0. The molecule has 1 amide bonds. The van der Waals surface area contributed by atoms with E-state index in [1.807, 2.05) is 24.0 Å². The zero-order valence-corrected chi connectivity index (χ0v) is 14.1. The maximum Gasteiger partial charge on any atom is 0.227 e. The van der Waals surface area contributed by atoms with Crippen molar-refractivity contribution in [3.63, 3.8) is 0 Å². The van der Waals surface area contributed by atoms with Crippen molar-refractivity contribution in [3.05, 3.63) is 35.4 Å². The molecular formula is C18H30N2O. The van der Waals surface area contributed by atoms with Gasteiger partial charge in [-0.05, 0) is 36.8 Å². The molecule has 118 valence electrons. The highest BCUT2D eigenvalue weighted by Crippen LogP contribution is 2.25. The summed E-state index contributed by atoms with van der Waals surface area (Å²) in [5.74, 6) is 0.0900. The van der Waals surface area contributed by atoms with Gasteiger partial charge in [-0.1, -0.05) is 45.0 Å². The first kappa shape index (κ1) is 17.7. The van der Waals surface area contributed by atoms with E-state index < -0.39 is 0 Å². The van der Waals surface area contributed by atoms with E-state index in [-0.39, 0.29) is 17.2 Å². The van der Waals surface area contributed by atoms with Crippen LogP contribution in [0.2, 0.25) is 0 Å². The van der Waals surface area contributed by atoms with Crippen LogP contribution < -0.4 is 5.73 Å². The van der Waals surface area contributed by atoms with Crippen LogP contribution in [0.25, 0.3) is 0 Å². The van der Waals surface area contributed by atoms with Crippen molar-refractivity contribution < 1.29 is 4.79 Å². The first-order chi connectivity index (χ1) is 9.78. The number of aryl methyl sites for hydroxylation is 1. The van der Waals surface area contributed by atoms with E-state index >= 15 is 0 Å². The molecule has 0 fully saturated rings. The number of amides is 1. The van der Waals surface area contributed by atoms with Gasteiger partial charge in [-0.2, -0.15) is 0 Å². The molecule has 1 unspecified atom stereocenters. The summed E-state index contributed by atoms with van der Waals surface area (Å²) in [4.78, 5) is 14.7. The molecule has 0 heterocycles. The minimum absolute atomic E-state index is 0.0889. The molecule has 2 N–H and O–H groups in total. The summed E-state index contributed by atoms with van der Waals surface area (Å²) < 4.78 is 0. The molecule has 0 bridgehead atoms. The Morgan fingerprint density at radius 3 is 2.38 bits per heavy atom. The largest absolute Gasteiger partial charge is 0.338 e. The van der Waals surface area contributed by atoms with Crippen LogP contribution in [-0.4, -0.2) is 23.9 Å². The van der Waals surface area contributed by atoms with E-state index in [1.165, 1.54) is 11.1 Å². The molecule has 0 saturated heterocycles. The molecule has 0 radical (unpaired) electrons. The molecule has 21 heavy (non-hydrogen) atoms. The van der Waals surface area contributed by atoms with Gasteiger partial charge in [-0.15, -0.1) is 0 Å². The summed E-state index contributed by atoms with van der Waals surface area (Å²) in [7, 11) is 0. The molecule has 1 atom stereocenters. The van der Waals surface area contributed by atoms with Crippen LogP contribution in [0.3, 0.4) is 0 Å². The third kappa shape index (κ3) is 5.50. The molecule has 0 aromatic heterocycles. The van der Waals surface area contributed by atoms with Gasteiger partial charge in [0.05, 0.1) is 5.92 Å². The zero-order chi connectivity index (χ0) is 16.0. The molecule has 1 aromatic rings. The topological polar surface area (TPSA) is 46.3 Å². The van der Waals surface area contributed by atoms with Gasteiger partial charge >= 0.3 is 0 Å². The fraction of sp³-hybridized carbons (Fsp3) is 0.611. The van der Waals surface area contributed by atoms with Gasteiger partial charge in [0.2, 0.25) is 5.91 Å². The van der Waals surface area contributed by atoms with E-state index in [2.05, 4.69) is 39.8 Å². The Morgan fingerprint density at radius 1 is 1.29 bits per heavy atom. The Hall–Kier alpha value is -1.35. The van der Waals surface area contributed by atoms with E-state index in [0.29, 0.717) is 19.6 Å². The van der Waals surface area contributed by atoms with Gasteiger partial charge in [0.25, 0.3) is 0 Å². The average molecular weight is 290 g/mol. The van der Waals surface area contributed by atoms with Crippen LogP contribution in [0.1, 0.15) is 45.2 Å². The van der Waals surface area contributed by atoms with Crippen molar-refractivity contribution in [2.45, 2.75) is 47.6 Å². The third-order valence-electron chi connectivity index (χ3n) is 3.81. The molecule has 1 aromatic carbocycles. The number of hydrogen-bond donors (Lipinski definition) is 1. The lowest BCUT2D eigenvalue weighted by molar-refractivity contribution is -0.136. The normalized spacial score (nSPS) is 13.0. The number of nitrogens with zero attached hydrogens (tertiary/aromatic N) is 1. The molecule has 0 spiro atoms. The Kier molecular flexibility index (Phi) is 6.41. The SMILES string of the molecule is CCN(Cc1ccccc1C)C(=O)C(CN)CC(C)(C)C. The van der Waals surface area contributed by atoms with Crippen LogP contribution >= 0.6 is 0 Å². The third-order valence-corrected chi connectivity index (χ3v) is 3.81. The fourth-order valence-corrected chi connectivity index (χ4v) is 2.61. The molecule has 1 rings (SSSR count). The minimum atomic E-state index is -0.0889. The minimum Gasteiger partial charge on any atom is -0.338 e. The lowest BCUT2D eigenvalue weighted by atomic mass is 9.84. The van der Waals surface area contributed by atoms with Gasteiger partial charge in [0.15, 0.2) is 0 Å². The maximum atomic E-state index is 12.7. The van der Waals surface area contributed by atoms with Gasteiger partial charge < -0.3 is 10.6 Å². The van der Waals surface area contributed by atoms with Crippen molar-refractivity contribution in [1.82, 2.24) is 4.90 Å². The molecule has 0 aliphatic rings. The van der Waals surface area contributed by atoms with Gasteiger partial charge in [-0.3, -0.25) is 4.79 Å². The van der Waals surface area contributed by atoms with E-state index in [1.54, 1.807) is 0 Å². The Balaban J connectivity index is 2.83. The van der Waals surface area contributed by atoms with E-state index in [0.717, 1.165) is 6.42 Å². The molecule has 0 saturated carbocycles. The molecule has 0 aliphatic carbocycles. The van der Waals surface area contributed by atoms with Gasteiger partial charge in [-0.25, -0.2) is 0 Å². The quantitative estimate of drug-likeness (QED) is 0.873. The highest BCUT2D eigenvalue weighted by Gasteiger charge is 2.27.